The number of pyridine rings is 1. The van der Waals surface area contributed by atoms with Crippen molar-refractivity contribution in [2.45, 2.75) is 12.6 Å². The van der Waals surface area contributed by atoms with Crippen LogP contribution in [0, 0.1) is 0 Å². The van der Waals surface area contributed by atoms with Crippen LogP contribution in [0.5, 0.6) is 5.75 Å². The van der Waals surface area contributed by atoms with E-state index in [1.54, 1.807) is 49.0 Å². The van der Waals surface area contributed by atoms with Gasteiger partial charge in [-0.3, -0.25) is 14.6 Å². The number of aromatic nitrogens is 1. The van der Waals surface area contributed by atoms with Crippen LogP contribution in [-0.4, -0.2) is 33.8 Å². The van der Waals surface area contributed by atoms with Crippen molar-refractivity contribution in [1.29, 1.82) is 0 Å². The number of thiophene rings is 1. The monoisotopic (exact) mass is 406 g/mol. The first-order chi connectivity index (χ1) is 14.1. The number of aliphatic hydroxyl groups is 1. The summed E-state index contributed by atoms with van der Waals surface area (Å²) < 4.78 is 5.26. The van der Waals surface area contributed by atoms with Crippen molar-refractivity contribution < 1.29 is 19.4 Å². The molecular weight excluding hydrogens is 388 g/mol. The lowest BCUT2D eigenvalue weighted by atomic mass is 9.98. The highest BCUT2D eigenvalue weighted by Gasteiger charge is 2.44. The second-order valence-electron chi connectivity index (χ2n) is 6.51. The van der Waals surface area contributed by atoms with Crippen LogP contribution in [0.2, 0.25) is 0 Å². The summed E-state index contributed by atoms with van der Waals surface area (Å²) in [6.45, 7) is 0.197. The molecule has 6 nitrogen and oxygen atoms in total. The summed E-state index contributed by atoms with van der Waals surface area (Å²) in [5, 5.41) is 12.4. The quantitative estimate of drug-likeness (QED) is 0.628. The molecule has 146 valence electrons. The van der Waals surface area contributed by atoms with E-state index in [1.165, 1.54) is 16.2 Å². The predicted molar refractivity (Wildman–Crippen MR) is 109 cm³/mol. The summed E-state index contributed by atoms with van der Waals surface area (Å²) in [4.78, 5) is 32.3. The normalized spacial score (nSPS) is 16.4. The number of ether oxygens (including phenoxy) is 1. The van der Waals surface area contributed by atoms with Gasteiger partial charge in [-0.05, 0) is 41.3 Å². The molecule has 1 aliphatic heterocycles. The van der Waals surface area contributed by atoms with Crippen LogP contribution in [0.4, 0.5) is 0 Å². The molecular formula is C22H18N2O4S. The molecule has 0 saturated heterocycles. The maximum Gasteiger partial charge on any atom is 0.290 e. The van der Waals surface area contributed by atoms with Crippen LogP contribution in [0.25, 0.3) is 0 Å². The van der Waals surface area contributed by atoms with Gasteiger partial charge in [0.05, 0.1) is 23.3 Å². The molecule has 1 aliphatic rings. The van der Waals surface area contributed by atoms with E-state index in [2.05, 4.69) is 4.98 Å². The Labute approximate surface area is 171 Å². The van der Waals surface area contributed by atoms with Crippen LogP contribution in [0.3, 0.4) is 0 Å². The third kappa shape index (κ3) is 3.52. The van der Waals surface area contributed by atoms with Gasteiger partial charge in [0.1, 0.15) is 11.8 Å². The van der Waals surface area contributed by atoms with E-state index in [4.69, 9.17) is 4.74 Å². The molecule has 3 heterocycles. The molecule has 3 aromatic rings. The molecule has 1 amide bonds. The number of methoxy groups -OCH3 is 1. The zero-order chi connectivity index (χ0) is 20.4. The number of Topliss-reactive ketones (excluding diaryl/α,β-unsaturated/α-hetero) is 1. The molecule has 1 unspecified atom stereocenters. The highest BCUT2D eigenvalue weighted by Crippen LogP contribution is 2.39. The minimum Gasteiger partial charge on any atom is -0.503 e. The summed E-state index contributed by atoms with van der Waals surface area (Å²) in [5.41, 5.74) is 1.39. The molecule has 0 saturated carbocycles. The summed E-state index contributed by atoms with van der Waals surface area (Å²) in [6.07, 6.45) is 1.60. The van der Waals surface area contributed by atoms with E-state index in [0.29, 0.717) is 16.3 Å². The number of hydrogen-bond acceptors (Lipinski definition) is 6. The summed E-state index contributed by atoms with van der Waals surface area (Å²) >= 11 is 1.27. The van der Waals surface area contributed by atoms with Crippen molar-refractivity contribution in [3.05, 3.63) is 93.6 Å². The van der Waals surface area contributed by atoms with E-state index in [0.717, 1.165) is 5.56 Å². The van der Waals surface area contributed by atoms with Crippen molar-refractivity contribution in [3.63, 3.8) is 0 Å². The average Bonchev–Trinajstić information content (AvgIpc) is 3.37. The lowest BCUT2D eigenvalue weighted by molar-refractivity contribution is -0.130. The van der Waals surface area contributed by atoms with Crippen LogP contribution in [-0.2, 0) is 11.3 Å². The van der Waals surface area contributed by atoms with Crippen molar-refractivity contribution in [2.24, 2.45) is 0 Å². The van der Waals surface area contributed by atoms with Crippen LogP contribution < -0.4 is 4.74 Å². The third-order valence-electron chi connectivity index (χ3n) is 4.75. The molecule has 0 spiro atoms. The Kier molecular flexibility index (Phi) is 5.14. The first-order valence-corrected chi connectivity index (χ1v) is 9.84. The third-order valence-corrected chi connectivity index (χ3v) is 5.62. The number of nitrogens with zero attached hydrogens (tertiary/aromatic N) is 2. The standard InChI is InChI=1S/C22H18N2O4S/c1-28-15-7-4-6-14(12-15)13-24-19(16-8-2-3-10-23-16)18(21(26)22(24)27)20(25)17-9-5-11-29-17/h2-12,19,26H,13H2,1H3. The van der Waals surface area contributed by atoms with E-state index in [-0.39, 0.29) is 17.9 Å². The van der Waals surface area contributed by atoms with Gasteiger partial charge in [-0.25, -0.2) is 0 Å². The number of hydrogen-bond donors (Lipinski definition) is 1. The summed E-state index contributed by atoms with van der Waals surface area (Å²) in [5.74, 6) is -0.824. The van der Waals surface area contributed by atoms with E-state index in [9.17, 15) is 14.7 Å². The highest BCUT2D eigenvalue weighted by atomic mass is 32.1. The van der Waals surface area contributed by atoms with Crippen LogP contribution in [0.15, 0.2) is 77.5 Å². The van der Waals surface area contributed by atoms with Crippen molar-refractivity contribution in [3.8, 4) is 5.75 Å². The average molecular weight is 406 g/mol. The summed E-state index contributed by atoms with van der Waals surface area (Å²) in [6, 6.07) is 15.3. The van der Waals surface area contributed by atoms with Crippen molar-refractivity contribution in [2.75, 3.05) is 7.11 Å². The van der Waals surface area contributed by atoms with Crippen molar-refractivity contribution in [1.82, 2.24) is 9.88 Å². The van der Waals surface area contributed by atoms with Gasteiger partial charge in [0.15, 0.2) is 5.76 Å². The van der Waals surface area contributed by atoms with E-state index < -0.39 is 17.7 Å². The minimum absolute atomic E-state index is 0.0547. The minimum atomic E-state index is -0.774. The van der Waals surface area contributed by atoms with Gasteiger partial charge < -0.3 is 14.7 Å². The molecule has 0 fully saturated rings. The molecule has 0 bridgehead atoms. The Morgan fingerprint density at radius 1 is 1.21 bits per heavy atom. The zero-order valence-electron chi connectivity index (χ0n) is 15.6. The Bertz CT molecular complexity index is 1080. The van der Waals surface area contributed by atoms with Gasteiger partial charge in [-0.2, -0.15) is 0 Å². The summed E-state index contributed by atoms with van der Waals surface area (Å²) in [7, 11) is 1.57. The fourth-order valence-electron chi connectivity index (χ4n) is 3.40. The molecule has 0 aliphatic carbocycles. The number of amides is 1. The van der Waals surface area contributed by atoms with Gasteiger partial charge in [-0.1, -0.05) is 24.3 Å². The van der Waals surface area contributed by atoms with Gasteiger partial charge in [0.25, 0.3) is 5.91 Å². The first-order valence-electron chi connectivity index (χ1n) is 8.96. The molecule has 2 aromatic heterocycles. The molecule has 1 atom stereocenters. The largest absolute Gasteiger partial charge is 0.503 e. The second kappa shape index (κ2) is 7.89. The molecule has 4 rings (SSSR count). The van der Waals surface area contributed by atoms with Crippen molar-refractivity contribution >= 4 is 23.0 Å². The lowest BCUT2D eigenvalue weighted by Crippen LogP contribution is -2.31. The molecule has 0 radical (unpaired) electrons. The maximum absolute atomic E-state index is 13.1. The van der Waals surface area contributed by atoms with Gasteiger partial charge >= 0.3 is 0 Å². The van der Waals surface area contributed by atoms with Gasteiger partial charge in [0.2, 0.25) is 5.78 Å². The smallest absolute Gasteiger partial charge is 0.290 e. The maximum atomic E-state index is 13.1. The molecule has 1 aromatic carbocycles. The van der Waals surface area contributed by atoms with E-state index >= 15 is 0 Å². The Morgan fingerprint density at radius 2 is 2.07 bits per heavy atom. The Morgan fingerprint density at radius 3 is 2.76 bits per heavy atom. The molecule has 29 heavy (non-hydrogen) atoms. The Balaban J connectivity index is 1.77. The zero-order valence-corrected chi connectivity index (χ0v) is 16.4. The van der Waals surface area contributed by atoms with Gasteiger partial charge in [-0.15, -0.1) is 11.3 Å². The Hall–Kier alpha value is -3.45. The fraction of sp³-hybridized carbons (Fsp3) is 0.136. The SMILES string of the molecule is COc1cccc(CN2C(=O)C(O)=C(C(=O)c3cccs3)C2c2ccccn2)c1. The number of rotatable bonds is 6. The topological polar surface area (TPSA) is 79.7 Å². The second-order valence-corrected chi connectivity index (χ2v) is 7.46. The van der Waals surface area contributed by atoms with E-state index in [1.807, 2.05) is 24.3 Å². The number of ketones is 1. The predicted octanol–water partition coefficient (Wildman–Crippen LogP) is 3.93. The first kappa shape index (κ1) is 18.9. The number of benzene rings is 1. The number of carbonyl (C=O) groups excluding carboxylic acids is 2. The van der Waals surface area contributed by atoms with Crippen LogP contribution >= 0.6 is 11.3 Å². The molecule has 7 heteroatoms. The van der Waals surface area contributed by atoms with Crippen LogP contribution in [0.1, 0.15) is 27.0 Å². The number of aliphatic hydroxyl groups excluding tert-OH is 1. The fourth-order valence-corrected chi connectivity index (χ4v) is 4.08. The number of carbonyl (C=O) groups is 2. The molecule has 1 N–H and O–H groups in total. The highest BCUT2D eigenvalue weighted by molar-refractivity contribution is 7.12. The lowest BCUT2D eigenvalue weighted by Gasteiger charge is -2.26. The van der Waals surface area contributed by atoms with Gasteiger partial charge in [0, 0.05) is 12.7 Å².